The lowest BCUT2D eigenvalue weighted by Gasteiger charge is -2.10. The first-order chi connectivity index (χ1) is 13.6. The van der Waals surface area contributed by atoms with Crippen molar-refractivity contribution in [3.05, 3.63) is 89.1 Å². The number of methoxy groups -OCH3 is 1. The highest BCUT2D eigenvalue weighted by molar-refractivity contribution is 6.04. The average Bonchev–Trinajstić information content (AvgIpc) is 2.73. The van der Waals surface area contributed by atoms with Crippen LogP contribution in [-0.4, -0.2) is 24.0 Å². The van der Waals surface area contributed by atoms with Gasteiger partial charge in [0.05, 0.1) is 12.7 Å². The van der Waals surface area contributed by atoms with E-state index in [2.05, 4.69) is 39.4 Å². The van der Waals surface area contributed by atoms with Gasteiger partial charge >= 0.3 is 5.97 Å². The van der Waals surface area contributed by atoms with Gasteiger partial charge in [0.1, 0.15) is 5.82 Å². The molecule has 28 heavy (non-hydrogen) atoms. The summed E-state index contributed by atoms with van der Waals surface area (Å²) in [5.74, 6) is -0.0551. The van der Waals surface area contributed by atoms with Crippen molar-refractivity contribution in [3.8, 4) is 0 Å². The van der Waals surface area contributed by atoms with E-state index in [-0.39, 0.29) is 5.91 Å². The smallest absolute Gasteiger partial charge is 0.337 e. The Bertz CT molecular complexity index is 984. The molecule has 0 bridgehead atoms. The molecule has 1 aromatic heterocycles. The average molecular weight is 375 g/mol. The molecule has 0 unspecified atom stereocenters. The Morgan fingerprint density at radius 1 is 1.00 bits per heavy atom. The van der Waals surface area contributed by atoms with Gasteiger partial charge in [-0.25, -0.2) is 9.78 Å². The van der Waals surface area contributed by atoms with Gasteiger partial charge in [-0.2, -0.15) is 0 Å². The van der Waals surface area contributed by atoms with E-state index >= 15 is 0 Å². The van der Waals surface area contributed by atoms with E-state index in [1.807, 2.05) is 12.1 Å². The number of esters is 1. The summed E-state index contributed by atoms with van der Waals surface area (Å²) in [5, 5.41) is 6.05. The van der Waals surface area contributed by atoms with Crippen molar-refractivity contribution in [2.45, 2.75) is 13.5 Å². The van der Waals surface area contributed by atoms with E-state index < -0.39 is 5.97 Å². The highest BCUT2D eigenvalue weighted by atomic mass is 16.5. The number of aromatic nitrogens is 1. The van der Waals surface area contributed by atoms with Crippen LogP contribution < -0.4 is 10.6 Å². The Hall–Kier alpha value is -3.67. The first-order valence-electron chi connectivity index (χ1n) is 8.81. The molecule has 6 heteroatoms. The van der Waals surface area contributed by atoms with Gasteiger partial charge in [0.25, 0.3) is 5.91 Å². The Labute approximate surface area is 163 Å². The molecule has 1 amide bonds. The molecule has 0 atom stereocenters. The topological polar surface area (TPSA) is 80.3 Å². The number of hydrogen-bond donors (Lipinski definition) is 2. The normalized spacial score (nSPS) is 10.2. The summed E-state index contributed by atoms with van der Waals surface area (Å²) >= 11 is 0. The highest BCUT2D eigenvalue weighted by Crippen LogP contribution is 2.15. The standard InChI is InChI=1S/C22H21N3O3/c1-15-5-3-4-6-18(15)14-24-20-13-17(11-12-23-20)21(26)25-19-9-7-16(8-10-19)22(27)28-2/h3-13H,14H2,1-2H3,(H,23,24)(H,25,26). The summed E-state index contributed by atoms with van der Waals surface area (Å²) in [6.45, 7) is 2.68. The molecule has 3 rings (SSSR count). The number of aryl methyl sites for hydroxylation is 1. The number of amides is 1. The maximum absolute atomic E-state index is 12.5. The zero-order valence-corrected chi connectivity index (χ0v) is 15.7. The lowest BCUT2D eigenvalue weighted by molar-refractivity contribution is 0.0600. The van der Waals surface area contributed by atoms with Crippen LogP contribution in [0.25, 0.3) is 0 Å². The second kappa shape index (κ2) is 8.81. The number of carbonyl (C=O) groups excluding carboxylic acids is 2. The molecule has 1 heterocycles. The summed E-state index contributed by atoms with van der Waals surface area (Å²) in [6, 6.07) is 18.0. The summed E-state index contributed by atoms with van der Waals surface area (Å²) in [7, 11) is 1.33. The SMILES string of the molecule is COC(=O)c1ccc(NC(=O)c2ccnc(NCc3ccccc3C)c2)cc1. The molecule has 0 spiro atoms. The summed E-state index contributed by atoms with van der Waals surface area (Å²) in [4.78, 5) is 28.3. The van der Waals surface area contributed by atoms with Gasteiger partial charge in [0.15, 0.2) is 0 Å². The van der Waals surface area contributed by atoms with E-state index in [1.165, 1.54) is 18.2 Å². The van der Waals surface area contributed by atoms with Crippen molar-refractivity contribution in [1.29, 1.82) is 0 Å². The van der Waals surface area contributed by atoms with Gasteiger partial charge in [0.2, 0.25) is 0 Å². The molecule has 6 nitrogen and oxygen atoms in total. The van der Waals surface area contributed by atoms with E-state index in [1.54, 1.807) is 42.6 Å². The Morgan fingerprint density at radius 3 is 2.46 bits per heavy atom. The lowest BCUT2D eigenvalue weighted by atomic mass is 10.1. The minimum absolute atomic E-state index is 0.257. The van der Waals surface area contributed by atoms with Crippen molar-refractivity contribution in [2.24, 2.45) is 0 Å². The van der Waals surface area contributed by atoms with Crippen LogP contribution in [0.2, 0.25) is 0 Å². The minimum Gasteiger partial charge on any atom is -0.465 e. The number of nitrogens with one attached hydrogen (secondary N) is 2. The van der Waals surface area contributed by atoms with E-state index in [4.69, 9.17) is 0 Å². The Morgan fingerprint density at radius 2 is 1.75 bits per heavy atom. The van der Waals surface area contributed by atoms with Gasteiger partial charge in [-0.1, -0.05) is 24.3 Å². The maximum atomic E-state index is 12.5. The van der Waals surface area contributed by atoms with Gasteiger partial charge in [0, 0.05) is 24.0 Å². The van der Waals surface area contributed by atoms with E-state index in [9.17, 15) is 9.59 Å². The molecule has 0 aliphatic rings. The predicted octanol–water partition coefficient (Wildman–Crippen LogP) is 4.04. The fourth-order valence-corrected chi connectivity index (χ4v) is 2.67. The van der Waals surface area contributed by atoms with Crippen LogP contribution >= 0.6 is 0 Å². The molecule has 2 N–H and O–H groups in total. The van der Waals surface area contributed by atoms with Crippen LogP contribution in [0.15, 0.2) is 66.9 Å². The molecule has 3 aromatic rings. The van der Waals surface area contributed by atoms with Gasteiger partial charge in [-0.05, 0) is 54.4 Å². The number of benzene rings is 2. The third-order valence-corrected chi connectivity index (χ3v) is 4.31. The zero-order valence-electron chi connectivity index (χ0n) is 15.7. The molecule has 0 aliphatic heterocycles. The molecule has 0 saturated carbocycles. The Balaban J connectivity index is 1.65. The third kappa shape index (κ3) is 4.73. The van der Waals surface area contributed by atoms with Crippen LogP contribution in [0.5, 0.6) is 0 Å². The number of nitrogens with zero attached hydrogens (tertiary/aromatic N) is 1. The second-order valence-electron chi connectivity index (χ2n) is 6.23. The van der Waals surface area contributed by atoms with Crippen molar-refractivity contribution < 1.29 is 14.3 Å². The first kappa shape index (κ1) is 19.1. The summed E-state index contributed by atoms with van der Waals surface area (Å²) in [6.07, 6.45) is 1.59. The molecule has 0 aliphatic carbocycles. The molecule has 2 aromatic carbocycles. The largest absolute Gasteiger partial charge is 0.465 e. The van der Waals surface area contributed by atoms with E-state index in [0.717, 1.165) is 0 Å². The van der Waals surface area contributed by atoms with E-state index in [0.29, 0.717) is 29.2 Å². The Kier molecular flexibility index (Phi) is 6.01. The van der Waals surface area contributed by atoms with Crippen molar-refractivity contribution in [2.75, 3.05) is 17.7 Å². The molecule has 0 fully saturated rings. The zero-order chi connectivity index (χ0) is 19.9. The number of carbonyl (C=O) groups is 2. The third-order valence-electron chi connectivity index (χ3n) is 4.31. The van der Waals surface area contributed by atoms with Crippen LogP contribution in [0, 0.1) is 6.92 Å². The van der Waals surface area contributed by atoms with Crippen LogP contribution in [0.1, 0.15) is 31.8 Å². The van der Waals surface area contributed by atoms with Crippen molar-refractivity contribution in [1.82, 2.24) is 4.98 Å². The molecular weight excluding hydrogens is 354 g/mol. The number of ether oxygens (including phenoxy) is 1. The number of anilines is 2. The van der Waals surface area contributed by atoms with Crippen LogP contribution in [-0.2, 0) is 11.3 Å². The lowest BCUT2D eigenvalue weighted by Crippen LogP contribution is -2.13. The van der Waals surface area contributed by atoms with Gasteiger partial charge in [-0.15, -0.1) is 0 Å². The number of hydrogen-bond acceptors (Lipinski definition) is 5. The minimum atomic E-state index is -0.420. The number of pyridine rings is 1. The fraction of sp³-hybridized carbons (Fsp3) is 0.136. The quantitative estimate of drug-likeness (QED) is 0.636. The monoisotopic (exact) mass is 375 g/mol. The molecule has 0 saturated heterocycles. The summed E-state index contributed by atoms with van der Waals surface area (Å²) in [5.41, 5.74) is 3.86. The van der Waals surface area contributed by atoms with Crippen LogP contribution in [0.4, 0.5) is 11.5 Å². The summed E-state index contributed by atoms with van der Waals surface area (Å²) < 4.78 is 4.66. The van der Waals surface area contributed by atoms with Crippen LogP contribution in [0.3, 0.4) is 0 Å². The van der Waals surface area contributed by atoms with Crippen molar-refractivity contribution >= 4 is 23.4 Å². The predicted molar refractivity (Wildman–Crippen MR) is 108 cm³/mol. The first-order valence-corrected chi connectivity index (χ1v) is 8.81. The molecule has 0 radical (unpaired) electrons. The van der Waals surface area contributed by atoms with Gasteiger partial charge < -0.3 is 15.4 Å². The van der Waals surface area contributed by atoms with Gasteiger partial charge in [-0.3, -0.25) is 4.79 Å². The second-order valence-corrected chi connectivity index (χ2v) is 6.23. The van der Waals surface area contributed by atoms with Crippen molar-refractivity contribution in [3.63, 3.8) is 0 Å². The molecule has 142 valence electrons. The fourth-order valence-electron chi connectivity index (χ4n) is 2.67. The number of rotatable bonds is 6. The molecular formula is C22H21N3O3. The maximum Gasteiger partial charge on any atom is 0.337 e. The highest BCUT2D eigenvalue weighted by Gasteiger charge is 2.09.